The molecule has 2 aliphatic rings. The van der Waals surface area contributed by atoms with Gasteiger partial charge < -0.3 is 9.80 Å². The maximum Gasteiger partial charge on any atom is 0.256 e. The van der Waals surface area contributed by atoms with Crippen molar-refractivity contribution >= 4 is 23.2 Å². The highest BCUT2D eigenvalue weighted by atomic mass is 19.1. The molecule has 0 aliphatic carbocycles. The smallest absolute Gasteiger partial charge is 0.256 e. The van der Waals surface area contributed by atoms with Crippen LogP contribution in [0.5, 0.6) is 0 Å². The Hall–Kier alpha value is -3.22. The summed E-state index contributed by atoms with van der Waals surface area (Å²) < 4.78 is 14.0. The Balaban J connectivity index is 1.40. The SMILES string of the molecule is CC1=NN(c2ccc(C(=O)N3CCCN(C(=O)c4ccccc4F)CC3)cc2)CC1. The van der Waals surface area contributed by atoms with E-state index in [2.05, 4.69) is 5.10 Å². The van der Waals surface area contributed by atoms with E-state index in [1.165, 1.54) is 12.1 Å². The van der Waals surface area contributed by atoms with E-state index in [1.54, 1.807) is 21.9 Å². The van der Waals surface area contributed by atoms with Crippen LogP contribution in [0.15, 0.2) is 53.6 Å². The highest BCUT2D eigenvalue weighted by Gasteiger charge is 2.25. The Morgan fingerprint density at radius 1 is 0.867 bits per heavy atom. The van der Waals surface area contributed by atoms with Crippen LogP contribution in [0.1, 0.15) is 40.5 Å². The van der Waals surface area contributed by atoms with Crippen molar-refractivity contribution in [1.82, 2.24) is 9.80 Å². The summed E-state index contributed by atoms with van der Waals surface area (Å²) in [5.41, 5.74) is 2.77. The standard InChI is InChI=1S/C23H25FN4O2/c1-17-11-14-28(25-17)19-9-7-18(8-10-19)22(29)26-12-4-13-27(16-15-26)23(30)20-5-2-3-6-21(20)24/h2-3,5-10H,4,11-16H2,1H3. The third-order valence-corrected chi connectivity index (χ3v) is 5.56. The summed E-state index contributed by atoms with van der Waals surface area (Å²) in [6, 6.07) is 13.5. The Bertz CT molecular complexity index is 973. The van der Waals surface area contributed by atoms with Crippen molar-refractivity contribution in [3.8, 4) is 0 Å². The van der Waals surface area contributed by atoms with Crippen molar-refractivity contribution in [3.63, 3.8) is 0 Å². The highest BCUT2D eigenvalue weighted by molar-refractivity contribution is 5.96. The van der Waals surface area contributed by atoms with Crippen LogP contribution in [0.4, 0.5) is 10.1 Å². The van der Waals surface area contributed by atoms with Crippen LogP contribution in [0.3, 0.4) is 0 Å². The first-order chi connectivity index (χ1) is 14.5. The van der Waals surface area contributed by atoms with Gasteiger partial charge in [-0.25, -0.2) is 4.39 Å². The molecule has 2 amide bonds. The van der Waals surface area contributed by atoms with Gasteiger partial charge in [0.25, 0.3) is 11.8 Å². The molecule has 0 aromatic heterocycles. The zero-order valence-corrected chi connectivity index (χ0v) is 17.1. The molecule has 6 nitrogen and oxygen atoms in total. The van der Waals surface area contributed by atoms with Crippen molar-refractivity contribution in [2.24, 2.45) is 5.10 Å². The van der Waals surface area contributed by atoms with Gasteiger partial charge in [0, 0.05) is 50.4 Å². The van der Waals surface area contributed by atoms with Crippen LogP contribution in [0, 0.1) is 5.82 Å². The number of anilines is 1. The molecule has 156 valence electrons. The normalized spacial score (nSPS) is 17.0. The lowest BCUT2D eigenvalue weighted by atomic mass is 10.1. The van der Waals surface area contributed by atoms with Gasteiger partial charge >= 0.3 is 0 Å². The number of carbonyl (C=O) groups is 2. The van der Waals surface area contributed by atoms with E-state index in [0.29, 0.717) is 38.2 Å². The van der Waals surface area contributed by atoms with Crippen LogP contribution in [0.25, 0.3) is 0 Å². The number of amides is 2. The number of hydrogen-bond acceptors (Lipinski definition) is 4. The maximum atomic E-state index is 14.0. The van der Waals surface area contributed by atoms with Crippen LogP contribution >= 0.6 is 0 Å². The second-order valence-electron chi connectivity index (χ2n) is 7.67. The van der Waals surface area contributed by atoms with E-state index in [0.717, 1.165) is 24.4 Å². The minimum absolute atomic E-state index is 0.0529. The number of halogens is 1. The van der Waals surface area contributed by atoms with Crippen LogP contribution in [-0.2, 0) is 0 Å². The van der Waals surface area contributed by atoms with Crippen molar-refractivity contribution in [1.29, 1.82) is 0 Å². The molecule has 0 N–H and O–H groups in total. The fourth-order valence-electron chi connectivity index (χ4n) is 3.85. The van der Waals surface area contributed by atoms with Gasteiger partial charge in [0.15, 0.2) is 0 Å². The summed E-state index contributed by atoms with van der Waals surface area (Å²) in [5, 5.41) is 6.43. The molecule has 0 unspecified atom stereocenters. The molecule has 1 fully saturated rings. The van der Waals surface area contributed by atoms with Gasteiger partial charge in [0.2, 0.25) is 0 Å². The first-order valence-corrected chi connectivity index (χ1v) is 10.3. The molecule has 2 aromatic carbocycles. The molecule has 0 radical (unpaired) electrons. The minimum Gasteiger partial charge on any atom is -0.337 e. The molecular formula is C23H25FN4O2. The predicted molar refractivity (Wildman–Crippen MR) is 114 cm³/mol. The summed E-state index contributed by atoms with van der Waals surface area (Å²) in [7, 11) is 0. The Morgan fingerprint density at radius 3 is 2.17 bits per heavy atom. The van der Waals surface area contributed by atoms with Gasteiger partial charge in [0.1, 0.15) is 5.82 Å². The molecule has 4 rings (SSSR count). The Kier molecular flexibility index (Phi) is 5.79. The number of hydrogen-bond donors (Lipinski definition) is 0. The van der Waals surface area contributed by atoms with Gasteiger partial charge in [-0.2, -0.15) is 5.10 Å². The molecule has 0 saturated carbocycles. The van der Waals surface area contributed by atoms with E-state index >= 15 is 0 Å². The quantitative estimate of drug-likeness (QED) is 0.782. The lowest BCUT2D eigenvalue weighted by Gasteiger charge is -2.23. The summed E-state index contributed by atoms with van der Waals surface area (Å²) >= 11 is 0. The van der Waals surface area contributed by atoms with E-state index in [-0.39, 0.29) is 17.4 Å². The van der Waals surface area contributed by atoms with Crippen LogP contribution in [-0.4, -0.2) is 60.0 Å². The third kappa shape index (κ3) is 4.20. The van der Waals surface area contributed by atoms with E-state index < -0.39 is 5.82 Å². The Labute approximate surface area is 175 Å². The largest absolute Gasteiger partial charge is 0.337 e. The van der Waals surface area contributed by atoms with Gasteiger partial charge in [-0.05, 0) is 49.7 Å². The highest BCUT2D eigenvalue weighted by Crippen LogP contribution is 2.21. The van der Waals surface area contributed by atoms with Gasteiger partial charge in [-0.1, -0.05) is 12.1 Å². The zero-order valence-electron chi connectivity index (χ0n) is 17.1. The number of nitrogens with zero attached hydrogens (tertiary/aromatic N) is 4. The number of hydrazone groups is 1. The molecule has 2 heterocycles. The zero-order chi connectivity index (χ0) is 21.1. The fourth-order valence-corrected chi connectivity index (χ4v) is 3.85. The first kappa shape index (κ1) is 20.1. The molecule has 1 saturated heterocycles. The average molecular weight is 408 g/mol. The van der Waals surface area contributed by atoms with E-state index in [4.69, 9.17) is 0 Å². The lowest BCUT2D eigenvalue weighted by Crippen LogP contribution is -2.37. The molecule has 0 spiro atoms. The third-order valence-electron chi connectivity index (χ3n) is 5.56. The van der Waals surface area contributed by atoms with Crippen molar-refractivity contribution in [2.75, 3.05) is 37.7 Å². The van der Waals surface area contributed by atoms with E-state index in [1.807, 2.05) is 36.2 Å². The van der Waals surface area contributed by atoms with Crippen molar-refractivity contribution in [2.45, 2.75) is 19.8 Å². The first-order valence-electron chi connectivity index (χ1n) is 10.3. The fraction of sp³-hybridized carbons (Fsp3) is 0.348. The summed E-state index contributed by atoms with van der Waals surface area (Å²) in [4.78, 5) is 29.0. The van der Waals surface area contributed by atoms with Gasteiger partial charge in [-0.15, -0.1) is 0 Å². The van der Waals surface area contributed by atoms with Crippen LogP contribution in [0.2, 0.25) is 0 Å². The number of rotatable bonds is 3. The number of carbonyl (C=O) groups excluding carboxylic acids is 2. The molecule has 30 heavy (non-hydrogen) atoms. The molecule has 0 atom stereocenters. The predicted octanol–water partition coefficient (Wildman–Crippen LogP) is 3.40. The molecule has 2 aromatic rings. The van der Waals surface area contributed by atoms with E-state index in [9.17, 15) is 14.0 Å². The summed E-state index contributed by atoms with van der Waals surface area (Å²) in [6.07, 6.45) is 1.61. The lowest BCUT2D eigenvalue weighted by molar-refractivity contribution is 0.0716. The average Bonchev–Trinajstić information content (AvgIpc) is 3.05. The van der Waals surface area contributed by atoms with Crippen molar-refractivity contribution in [3.05, 3.63) is 65.5 Å². The Morgan fingerprint density at radius 2 is 1.53 bits per heavy atom. The molecular weight excluding hydrogens is 383 g/mol. The topological polar surface area (TPSA) is 56.2 Å². The number of benzene rings is 2. The molecule has 0 bridgehead atoms. The van der Waals surface area contributed by atoms with Gasteiger partial charge in [0.05, 0.1) is 11.3 Å². The van der Waals surface area contributed by atoms with Crippen molar-refractivity contribution < 1.29 is 14.0 Å². The minimum atomic E-state index is -0.516. The van der Waals surface area contributed by atoms with Gasteiger partial charge in [-0.3, -0.25) is 14.6 Å². The monoisotopic (exact) mass is 408 g/mol. The second kappa shape index (κ2) is 8.65. The molecule has 2 aliphatic heterocycles. The second-order valence-corrected chi connectivity index (χ2v) is 7.67. The molecule has 7 heteroatoms. The van der Waals surface area contributed by atoms with Crippen LogP contribution < -0.4 is 5.01 Å². The summed E-state index contributed by atoms with van der Waals surface area (Å²) in [5.74, 6) is -0.895. The maximum absolute atomic E-state index is 14.0. The summed E-state index contributed by atoms with van der Waals surface area (Å²) in [6.45, 7) is 4.75.